The summed E-state index contributed by atoms with van der Waals surface area (Å²) < 4.78 is 0. The molecule has 0 aliphatic carbocycles. The van der Waals surface area contributed by atoms with Gasteiger partial charge in [0.1, 0.15) is 0 Å². The molecule has 0 saturated heterocycles. The van der Waals surface area contributed by atoms with E-state index >= 15 is 0 Å². The molecule has 4 heteroatoms. The van der Waals surface area contributed by atoms with E-state index in [0.29, 0.717) is 11.1 Å². The number of benzene rings is 6. The Bertz CT molecular complexity index is 2110. The number of hydrogen-bond donors (Lipinski definition) is 2. The van der Waals surface area contributed by atoms with Gasteiger partial charge >= 0.3 is 11.9 Å². The minimum atomic E-state index is -1.08. The largest absolute Gasteiger partial charge is 0.478 e. The predicted molar refractivity (Wildman–Crippen MR) is 179 cm³/mol. The van der Waals surface area contributed by atoms with E-state index in [-0.39, 0.29) is 11.1 Å². The van der Waals surface area contributed by atoms with E-state index in [2.05, 4.69) is 23.7 Å². The lowest BCUT2D eigenvalue weighted by Gasteiger charge is -2.27. The molecule has 6 rings (SSSR count). The van der Waals surface area contributed by atoms with Crippen molar-refractivity contribution in [3.63, 3.8) is 0 Å². The second-order valence-corrected chi connectivity index (χ2v) is 11.4. The molecule has 45 heavy (non-hydrogen) atoms. The van der Waals surface area contributed by atoms with E-state index in [1.165, 1.54) is 0 Å². The zero-order chi connectivity index (χ0) is 31.6. The van der Waals surface area contributed by atoms with Crippen molar-refractivity contribution in [2.45, 2.75) is 19.3 Å². The highest BCUT2D eigenvalue weighted by Gasteiger charge is 2.27. The molecule has 0 spiro atoms. The number of hydrogen-bond acceptors (Lipinski definition) is 2. The molecule has 0 atom stereocenters. The summed E-state index contributed by atoms with van der Waals surface area (Å²) >= 11 is 0. The van der Waals surface area contributed by atoms with E-state index in [4.69, 9.17) is 0 Å². The molecular weight excluding hydrogens is 556 g/mol. The molecule has 0 amide bonds. The number of carboxylic acid groups (broad SMARTS) is 2. The predicted octanol–water partition coefficient (Wildman–Crippen LogP) is 8.51. The van der Waals surface area contributed by atoms with E-state index in [9.17, 15) is 19.8 Å². The topological polar surface area (TPSA) is 74.6 Å². The number of aromatic carboxylic acids is 2. The summed E-state index contributed by atoms with van der Waals surface area (Å²) in [5.41, 5.74) is 3.31. The van der Waals surface area contributed by atoms with Gasteiger partial charge in [0.05, 0.1) is 11.1 Å². The zero-order valence-corrected chi connectivity index (χ0v) is 24.8. The second-order valence-electron chi connectivity index (χ2n) is 11.4. The molecular formula is C41H28O4. The molecule has 0 radical (unpaired) electrons. The molecule has 0 aromatic heterocycles. The van der Waals surface area contributed by atoms with Crippen molar-refractivity contribution in [2.24, 2.45) is 0 Å². The molecule has 0 saturated carbocycles. The fourth-order valence-electron chi connectivity index (χ4n) is 5.42. The van der Waals surface area contributed by atoms with Gasteiger partial charge in [-0.25, -0.2) is 9.59 Å². The van der Waals surface area contributed by atoms with Crippen molar-refractivity contribution in [3.05, 3.63) is 166 Å². The Labute approximate surface area is 261 Å². The van der Waals surface area contributed by atoms with Crippen LogP contribution in [0.15, 0.2) is 121 Å². The molecule has 4 nitrogen and oxygen atoms in total. The van der Waals surface area contributed by atoms with Crippen molar-refractivity contribution in [1.82, 2.24) is 0 Å². The summed E-state index contributed by atoms with van der Waals surface area (Å²) in [5, 5.41) is 24.5. The van der Waals surface area contributed by atoms with Crippen LogP contribution in [0.1, 0.15) is 67.9 Å². The van der Waals surface area contributed by atoms with Crippen molar-refractivity contribution >= 4 is 33.5 Å². The SMILES string of the molecule is CC(C)(c1ccc(C#Cc2ccc3ccccc3c2)c(C(=O)O)c1)c1ccc(C#Cc2ccc3ccccc3c2)c(C(=O)O)c1. The Balaban J connectivity index is 1.32. The summed E-state index contributed by atoms with van der Waals surface area (Å²) in [6, 6.07) is 38.2. The number of carboxylic acids is 2. The first-order chi connectivity index (χ1) is 21.7. The van der Waals surface area contributed by atoms with Crippen LogP contribution in [-0.4, -0.2) is 22.2 Å². The Hall–Kier alpha value is -6.10. The summed E-state index contributed by atoms with van der Waals surface area (Å²) in [6.07, 6.45) is 0. The Morgan fingerprint density at radius 3 is 1.29 bits per heavy atom. The highest BCUT2D eigenvalue weighted by Crippen LogP contribution is 2.34. The van der Waals surface area contributed by atoms with Crippen LogP contribution in [0.4, 0.5) is 0 Å². The van der Waals surface area contributed by atoms with Gasteiger partial charge < -0.3 is 10.2 Å². The van der Waals surface area contributed by atoms with E-state index in [1.807, 2.05) is 111 Å². The lowest BCUT2D eigenvalue weighted by Crippen LogP contribution is -2.21. The minimum absolute atomic E-state index is 0.0881. The summed E-state index contributed by atoms with van der Waals surface area (Å²) in [6.45, 7) is 3.88. The molecule has 0 unspecified atom stereocenters. The highest BCUT2D eigenvalue weighted by molar-refractivity contribution is 5.92. The van der Waals surface area contributed by atoms with Crippen LogP contribution in [0, 0.1) is 23.7 Å². The fraction of sp³-hybridized carbons (Fsp3) is 0.0732. The van der Waals surface area contributed by atoms with Crippen LogP contribution in [-0.2, 0) is 5.41 Å². The Morgan fingerprint density at radius 1 is 0.489 bits per heavy atom. The van der Waals surface area contributed by atoms with Gasteiger partial charge in [0.15, 0.2) is 0 Å². The lowest BCUT2D eigenvalue weighted by atomic mass is 9.76. The van der Waals surface area contributed by atoms with Gasteiger partial charge in [-0.1, -0.05) is 110 Å². The summed E-state index contributed by atoms with van der Waals surface area (Å²) in [5.74, 6) is 10.1. The molecule has 0 fully saturated rings. The Morgan fingerprint density at radius 2 is 0.889 bits per heavy atom. The van der Waals surface area contributed by atoms with Gasteiger partial charge in [0.2, 0.25) is 0 Å². The molecule has 6 aromatic carbocycles. The Kier molecular flexibility index (Phi) is 7.66. The summed E-state index contributed by atoms with van der Waals surface area (Å²) in [4.78, 5) is 24.6. The van der Waals surface area contributed by atoms with Crippen molar-refractivity contribution < 1.29 is 19.8 Å². The van der Waals surface area contributed by atoms with E-state index in [1.54, 1.807) is 24.3 Å². The molecule has 0 aliphatic heterocycles. The number of fused-ring (bicyclic) bond motifs is 2. The molecule has 216 valence electrons. The first-order valence-corrected chi connectivity index (χ1v) is 14.5. The normalized spacial score (nSPS) is 10.9. The maximum absolute atomic E-state index is 12.3. The third kappa shape index (κ3) is 6.04. The third-order valence-electron chi connectivity index (χ3n) is 8.13. The molecule has 6 aromatic rings. The zero-order valence-electron chi connectivity index (χ0n) is 24.8. The van der Waals surface area contributed by atoms with Gasteiger partial charge in [-0.3, -0.25) is 0 Å². The first kappa shape index (κ1) is 29.0. The van der Waals surface area contributed by atoms with Gasteiger partial charge in [0, 0.05) is 27.7 Å². The van der Waals surface area contributed by atoms with Crippen molar-refractivity contribution in [2.75, 3.05) is 0 Å². The van der Waals surface area contributed by atoms with Crippen LogP contribution in [0.5, 0.6) is 0 Å². The molecule has 2 N–H and O–H groups in total. The molecule has 0 aliphatic rings. The van der Waals surface area contributed by atoms with Crippen LogP contribution in [0.25, 0.3) is 21.5 Å². The maximum Gasteiger partial charge on any atom is 0.336 e. The monoisotopic (exact) mass is 584 g/mol. The highest BCUT2D eigenvalue weighted by atomic mass is 16.4. The average Bonchev–Trinajstić information content (AvgIpc) is 3.05. The second kappa shape index (κ2) is 11.9. The van der Waals surface area contributed by atoms with Crippen LogP contribution in [0.2, 0.25) is 0 Å². The van der Waals surface area contributed by atoms with Gasteiger partial charge in [0.25, 0.3) is 0 Å². The van der Waals surface area contributed by atoms with Gasteiger partial charge in [-0.2, -0.15) is 0 Å². The lowest BCUT2D eigenvalue weighted by molar-refractivity contribution is 0.0685. The van der Waals surface area contributed by atoms with Crippen LogP contribution >= 0.6 is 0 Å². The fourth-order valence-corrected chi connectivity index (χ4v) is 5.42. The smallest absolute Gasteiger partial charge is 0.336 e. The van der Waals surface area contributed by atoms with Crippen molar-refractivity contribution in [3.8, 4) is 23.7 Å². The van der Waals surface area contributed by atoms with E-state index < -0.39 is 17.4 Å². The maximum atomic E-state index is 12.3. The first-order valence-electron chi connectivity index (χ1n) is 14.5. The minimum Gasteiger partial charge on any atom is -0.478 e. The third-order valence-corrected chi connectivity index (χ3v) is 8.13. The van der Waals surface area contributed by atoms with Crippen LogP contribution < -0.4 is 0 Å². The van der Waals surface area contributed by atoms with Gasteiger partial charge in [-0.15, -0.1) is 0 Å². The van der Waals surface area contributed by atoms with Crippen LogP contribution in [0.3, 0.4) is 0 Å². The summed E-state index contributed by atoms with van der Waals surface area (Å²) in [7, 11) is 0. The standard InChI is InChI=1S/C41H28O4/c1-41(2,35-21-19-31(37(25-35)39(42)43)17-13-27-11-15-29-7-3-5-9-33(29)23-27)36-22-20-32(38(26-36)40(44)45)18-14-28-12-16-30-8-4-6-10-34(30)24-28/h3-12,15-16,19-26H,1-2H3,(H,42,43)(H,44,45). The quantitative estimate of drug-likeness (QED) is 0.204. The van der Waals surface area contributed by atoms with Gasteiger partial charge in [-0.05, 0) is 81.2 Å². The van der Waals surface area contributed by atoms with Crippen molar-refractivity contribution in [1.29, 1.82) is 0 Å². The number of rotatable bonds is 4. The average molecular weight is 585 g/mol. The molecule has 0 bridgehead atoms. The van der Waals surface area contributed by atoms with E-state index in [0.717, 1.165) is 43.8 Å². The molecule has 0 heterocycles. The number of carbonyl (C=O) groups is 2.